The minimum Gasteiger partial charge on any atom is -0.482 e. The van der Waals surface area contributed by atoms with Crippen LogP contribution in [0.3, 0.4) is 0 Å². The Bertz CT molecular complexity index is 1120. The van der Waals surface area contributed by atoms with Gasteiger partial charge in [0.05, 0.1) is 27.1 Å². The number of benzene rings is 2. The Hall–Kier alpha value is -2.59. The number of ether oxygens (including phenoxy) is 1. The number of aliphatic carboxylic acids is 1. The van der Waals surface area contributed by atoms with Crippen LogP contribution in [-0.4, -0.2) is 45.3 Å². The Kier molecular flexibility index (Phi) is 8.14. The largest absolute Gasteiger partial charge is 0.482 e. The maximum atomic E-state index is 12.5. The molecule has 32 heavy (non-hydrogen) atoms. The van der Waals surface area contributed by atoms with E-state index < -0.39 is 11.9 Å². The molecule has 1 heterocycles. The van der Waals surface area contributed by atoms with Crippen LogP contribution in [0.1, 0.15) is 12.0 Å². The van der Waals surface area contributed by atoms with Gasteiger partial charge in [-0.1, -0.05) is 65.4 Å². The molecule has 11 heteroatoms. The van der Waals surface area contributed by atoms with Crippen molar-refractivity contribution in [2.45, 2.75) is 6.42 Å². The molecular formula is C21H16Cl2N2O5S2. The fraction of sp³-hybridized carbons (Fsp3) is 0.143. The summed E-state index contributed by atoms with van der Waals surface area (Å²) in [5, 5.41) is 12.1. The first kappa shape index (κ1) is 24.1. The van der Waals surface area contributed by atoms with E-state index in [2.05, 4.69) is 5.32 Å². The summed E-state index contributed by atoms with van der Waals surface area (Å²) < 4.78 is 5.78. The number of hydrogen-bond acceptors (Lipinski definition) is 6. The van der Waals surface area contributed by atoms with Gasteiger partial charge in [-0.15, -0.1) is 0 Å². The molecule has 0 bridgehead atoms. The van der Waals surface area contributed by atoms with Gasteiger partial charge in [-0.25, -0.2) is 0 Å². The summed E-state index contributed by atoms with van der Waals surface area (Å²) in [7, 11) is 0. The van der Waals surface area contributed by atoms with Gasteiger partial charge in [-0.2, -0.15) is 0 Å². The fourth-order valence-corrected chi connectivity index (χ4v) is 4.40. The summed E-state index contributed by atoms with van der Waals surface area (Å²) in [4.78, 5) is 37.0. The molecule has 0 atom stereocenters. The molecular weight excluding hydrogens is 495 g/mol. The van der Waals surface area contributed by atoms with Crippen LogP contribution in [0, 0.1) is 0 Å². The monoisotopic (exact) mass is 510 g/mol. The smallest absolute Gasteiger partial charge is 0.305 e. The molecule has 7 nitrogen and oxygen atoms in total. The summed E-state index contributed by atoms with van der Waals surface area (Å²) >= 11 is 18.5. The van der Waals surface area contributed by atoms with Crippen molar-refractivity contribution < 1.29 is 24.2 Å². The van der Waals surface area contributed by atoms with E-state index in [4.69, 9.17) is 45.3 Å². The lowest BCUT2D eigenvalue weighted by Crippen LogP contribution is -2.30. The van der Waals surface area contributed by atoms with Crippen molar-refractivity contribution in [3.8, 4) is 5.75 Å². The molecule has 2 amide bonds. The minimum absolute atomic E-state index is 0.0150. The Labute approximate surface area is 203 Å². The minimum atomic E-state index is -1.01. The van der Waals surface area contributed by atoms with E-state index in [1.807, 2.05) is 0 Å². The van der Waals surface area contributed by atoms with Gasteiger partial charge in [-0.05, 0) is 35.9 Å². The number of carboxylic acid groups (broad SMARTS) is 1. The first-order valence-corrected chi connectivity index (χ1v) is 11.2. The van der Waals surface area contributed by atoms with Gasteiger partial charge in [0.15, 0.2) is 6.61 Å². The maximum Gasteiger partial charge on any atom is 0.305 e. The predicted molar refractivity (Wildman–Crippen MR) is 129 cm³/mol. The number of carbonyl (C=O) groups is 3. The number of para-hydroxylation sites is 1. The van der Waals surface area contributed by atoms with Crippen LogP contribution in [0.5, 0.6) is 5.75 Å². The number of nitrogens with one attached hydrogen (secondary N) is 1. The number of nitrogens with zero attached hydrogens (tertiary/aromatic N) is 1. The van der Waals surface area contributed by atoms with Gasteiger partial charge in [0.2, 0.25) is 0 Å². The average Bonchev–Trinajstić information content (AvgIpc) is 3.00. The first-order chi connectivity index (χ1) is 15.2. The molecule has 2 aromatic rings. The van der Waals surface area contributed by atoms with Crippen molar-refractivity contribution in [1.29, 1.82) is 0 Å². The molecule has 0 unspecified atom stereocenters. The zero-order chi connectivity index (χ0) is 23.3. The van der Waals surface area contributed by atoms with Crippen LogP contribution < -0.4 is 10.1 Å². The highest BCUT2D eigenvalue weighted by Crippen LogP contribution is 2.34. The van der Waals surface area contributed by atoms with Gasteiger partial charge in [-0.3, -0.25) is 19.3 Å². The summed E-state index contributed by atoms with van der Waals surface area (Å²) in [5.41, 5.74) is 1.10. The average molecular weight is 511 g/mol. The lowest BCUT2D eigenvalue weighted by molar-refractivity contribution is -0.137. The molecule has 1 aliphatic rings. The maximum absolute atomic E-state index is 12.5. The van der Waals surface area contributed by atoms with Gasteiger partial charge in [0, 0.05) is 6.54 Å². The molecule has 2 aromatic carbocycles. The van der Waals surface area contributed by atoms with Crippen molar-refractivity contribution >= 4 is 81.0 Å². The second-order valence-corrected chi connectivity index (χ2v) is 8.97. The third kappa shape index (κ3) is 6.23. The van der Waals surface area contributed by atoms with E-state index in [1.54, 1.807) is 48.5 Å². The SMILES string of the molecule is O=C(O)CCN1C(=O)/C(=C/c2ccc(OCC(=O)Nc3ccccc3Cl)c(Cl)c2)SC1=S. The van der Waals surface area contributed by atoms with Gasteiger partial charge < -0.3 is 15.2 Å². The zero-order valence-corrected chi connectivity index (χ0v) is 19.5. The number of amides is 2. The lowest BCUT2D eigenvalue weighted by Gasteiger charge is -2.12. The first-order valence-electron chi connectivity index (χ1n) is 9.18. The van der Waals surface area contributed by atoms with Crippen LogP contribution in [-0.2, 0) is 14.4 Å². The molecule has 1 aliphatic heterocycles. The molecule has 0 aromatic heterocycles. The highest BCUT2D eigenvalue weighted by molar-refractivity contribution is 8.26. The van der Waals surface area contributed by atoms with E-state index in [1.165, 1.54) is 4.90 Å². The number of hydrogen-bond donors (Lipinski definition) is 2. The number of thioether (sulfide) groups is 1. The van der Waals surface area contributed by atoms with Crippen molar-refractivity contribution in [3.63, 3.8) is 0 Å². The third-order valence-electron chi connectivity index (χ3n) is 4.18. The summed E-state index contributed by atoms with van der Waals surface area (Å²) in [6, 6.07) is 11.7. The van der Waals surface area contributed by atoms with E-state index in [-0.39, 0.29) is 30.5 Å². The Morgan fingerprint density at radius 2 is 1.94 bits per heavy atom. The Morgan fingerprint density at radius 1 is 1.19 bits per heavy atom. The quantitative estimate of drug-likeness (QED) is 0.392. The Balaban J connectivity index is 1.62. The van der Waals surface area contributed by atoms with Crippen LogP contribution in [0.25, 0.3) is 6.08 Å². The number of halogens is 2. The van der Waals surface area contributed by atoms with Crippen molar-refractivity contribution in [1.82, 2.24) is 4.90 Å². The van der Waals surface area contributed by atoms with Gasteiger partial charge in [0.1, 0.15) is 10.1 Å². The molecule has 0 radical (unpaired) electrons. The topological polar surface area (TPSA) is 95.9 Å². The molecule has 166 valence electrons. The number of carboxylic acids is 1. The normalized spacial score (nSPS) is 14.7. The molecule has 0 aliphatic carbocycles. The van der Waals surface area contributed by atoms with Crippen LogP contribution in [0.15, 0.2) is 47.4 Å². The zero-order valence-electron chi connectivity index (χ0n) is 16.3. The van der Waals surface area contributed by atoms with Crippen molar-refractivity contribution in [3.05, 3.63) is 63.0 Å². The van der Waals surface area contributed by atoms with E-state index in [0.717, 1.165) is 11.8 Å². The third-order valence-corrected chi connectivity index (χ3v) is 6.19. The van der Waals surface area contributed by atoms with Gasteiger partial charge in [0.25, 0.3) is 11.8 Å². The summed E-state index contributed by atoms with van der Waals surface area (Å²) in [5.74, 6) is -1.46. The summed E-state index contributed by atoms with van der Waals surface area (Å²) in [6.07, 6.45) is 1.42. The molecule has 3 rings (SSSR count). The second-order valence-electron chi connectivity index (χ2n) is 6.48. The highest BCUT2D eigenvalue weighted by atomic mass is 35.5. The van der Waals surface area contributed by atoms with E-state index in [0.29, 0.717) is 31.2 Å². The number of thiocarbonyl (C=S) groups is 1. The van der Waals surface area contributed by atoms with Crippen LogP contribution in [0.2, 0.25) is 10.0 Å². The van der Waals surface area contributed by atoms with Gasteiger partial charge >= 0.3 is 5.97 Å². The van der Waals surface area contributed by atoms with Crippen LogP contribution >= 0.6 is 47.2 Å². The number of carbonyl (C=O) groups excluding carboxylic acids is 2. The molecule has 0 spiro atoms. The molecule has 0 saturated carbocycles. The molecule has 2 N–H and O–H groups in total. The standard InChI is InChI=1S/C21H16Cl2N2O5S2/c22-13-3-1-2-4-15(13)24-18(26)11-30-16-6-5-12(9-14(16)23)10-17-20(29)25(21(31)32-17)8-7-19(27)28/h1-6,9-10H,7-8,11H2,(H,24,26)(H,27,28)/b17-10-. The molecule has 1 fully saturated rings. The van der Waals surface area contributed by atoms with E-state index >= 15 is 0 Å². The molecule has 1 saturated heterocycles. The van der Waals surface area contributed by atoms with Crippen molar-refractivity contribution in [2.75, 3.05) is 18.5 Å². The predicted octanol–water partition coefficient (Wildman–Crippen LogP) is 4.69. The Morgan fingerprint density at radius 3 is 2.62 bits per heavy atom. The number of anilines is 1. The summed E-state index contributed by atoms with van der Waals surface area (Å²) in [6.45, 7) is -0.256. The number of rotatable bonds is 8. The lowest BCUT2D eigenvalue weighted by atomic mass is 10.2. The highest BCUT2D eigenvalue weighted by Gasteiger charge is 2.32. The van der Waals surface area contributed by atoms with Crippen molar-refractivity contribution in [2.24, 2.45) is 0 Å². The fourth-order valence-electron chi connectivity index (χ4n) is 2.67. The second kappa shape index (κ2) is 10.8. The van der Waals surface area contributed by atoms with Crippen LogP contribution in [0.4, 0.5) is 5.69 Å². The van der Waals surface area contributed by atoms with E-state index in [9.17, 15) is 14.4 Å².